The molecule has 0 unspecified atom stereocenters. The van der Waals surface area contributed by atoms with Crippen LogP contribution in [0.3, 0.4) is 0 Å². The number of pyridine rings is 1. The third-order valence-electron chi connectivity index (χ3n) is 5.00. The number of aromatic nitrogens is 3. The third-order valence-corrected chi connectivity index (χ3v) is 5.00. The monoisotopic (exact) mass is 377 g/mol. The topological polar surface area (TPSA) is 71.0 Å². The summed E-state index contributed by atoms with van der Waals surface area (Å²) in [7, 11) is 0. The summed E-state index contributed by atoms with van der Waals surface area (Å²) in [6.45, 7) is 1.27. The van der Waals surface area contributed by atoms with Crippen LogP contribution in [0.4, 0.5) is 14.9 Å². The highest BCUT2D eigenvalue weighted by molar-refractivity contribution is 5.89. The summed E-state index contributed by atoms with van der Waals surface area (Å²) < 4.78 is 13.0. The van der Waals surface area contributed by atoms with Gasteiger partial charge in [0.05, 0.1) is 5.69 Å². The Morgan fingerprint density at radius 3 is 2.46 bits per heavy atom. The van der Waals surface area contributed by atoms with Crippen LogP contribution in [0.25, 0.3) is 11.1 Å². The van der Waals surface area contributed by atoms with Crippen LogP contribution in [0.5, 0.6) is 0 Å². The number of rotatable bonds is 3. The number of urea groups is 1. The first-order valence-electron chi connectivity index (χ1n) is 9.22. The molecule has 3 aromatic rings. The van der Waals surface area contributed by atoms with E-state index in [2.05, 4.69) is 20.3 Å². The first kappa shape index (κ1) is 18.0. The molecule has 3 heterocycles. The highest BCUT2D eigenvalue weighted by atomic mass is 19.1. The van der Waals surface area contributed by atoms with Crippen molar-refractivity contribution in [1.82, 2.24) is 19.9 Å². The lowest BCUT2D eigenvalue weighted by Crippen LogP contribution is -2.40. The molecule has 0 spiro atoms. The van der Waals surface area contributed by atoms with Gasteiger partial charge >= 0.3 is 6.03 Å². The van der Waals surface area contributed by atoms with Crippen LogP contribution < -0.4 is 5.32 Å². The summed E-state index contributed by atoms with van der Waals surface area (Å²) in [5.74, 6) is -0.0605. The van der Waals surface area contributed by atoms with E-state index in [4.69, 9.17) is 0 Å². The number of halogens is 1. The second kappa shape index (κ2) is 8.12. The molecule has 1 N–H and O–H groups in total. The predicted octanol–water partition coefficient (Wildman–Crippen LogP) is 4.09. The van der Waals surface area contributed by atoms with Gasteiger partial charge in [0.1, 0.15) is 12.1 Å². The molecule has 0 atom stereocenters. The molecule has 4 rings (SSSR count). The molecule has 2 amide bonds. The minimum absolute atomic E-state index is 0.165. The Hall–Kier alpha value is -3.35. The Labute approximate surface area is 162 Å². The SMILES string of the molecule is O=C(Nc1ccc(F)cc1)N1CCC(c2ncncc2-c2ccncc2)CC1. The summed E-state index contributed by atoms with van der Waals surface area (Å²) in [6, 6.07) is 9.52. The summed E-state index contributed by atoms with van der Waals surface area (Å²) in [6.07, 6.45) is 8.58. The van der Waals surface area contributed by atoms with Crippen molar-refractivity contribution < 1.29 is 9.18 Å². The molecule has 28 heavy (non-hydrogen) atoms. The van der Waals surface area contributed by atoms with Gasteiger partial charge in [0.15, 0.2) is 0 Å². The van der Waals surface area contributed by atoms with Crippen LogP contribution in [0, 0.1) is 5.82 Å². The average Bonchev–Trinajstić information content (AvgIpc) is 2.76. The van der Waals surface area contributed by atoms with E-state index >= 15 is 0 Å². The third kappa shape index (κ3) is 3.98. The van der Waals surface area contributed by atoms with Gasteiger partial charge in [-0.3, -0.25) is 4.98 Å². The van der Waals surface area contributed by atoms with E-state index in [1.807, 2.05) is 18.3 Å². The van der Waals surface area contributed by atoms with Gasteiger partial charge in [-0.25, -0.2) is 19.2 Å². The fraction of sp³-hybridized carbons (Fsp3) is 0.238. The van der Waals surface area contributed by atoms with E-state index in [-0.39, 0.29) is 17.8 Å². The molecular formula is C21H20FN5O. The fourth-order valence-electron chi connectivity index (χ4n) is 3.51. The fourth-order valence-corrected chi connectivity index (χ4v) is 3.51. The number of nitrogens with one attached hydrogen (secondary N) is 1. The maximum Gasteiger partial charge on any atom is 0.321 e. The molecule has 0 saturated carbocycles. The number of benzene rings is 1. The number of carbonyl (C=O) groups excluding carboxylic acids is 1. The van der Waals surface area contributed by atoms with Crippen LogP contribution >= 0.6 is 0 Å². The second-order valence-corrected chi connectivity index (χ2v) is 6.76. The van der Waals surface area contributed by atoms with Crippen LogP contribution in [-0.2, 0) is 0 Å². The number of carbonyl (C=O) groups is 1. The molecular weight excluding hydrogens is 357 g/mol. The molecule has 7 heteroatoms. The van der Waals surface area contributed by atoms with Crippen LogP contribution in [0.15, 0.2) is 61.3 Å². The van der Waals surface area contributed by atoms with Gasteiger partial charge in [-0.15, -0.1) is 0 Å². The molecule has 0 radical (unpaired) electrons. The minimum Gasteiger partial charge on any atom is -0.324 e. The zero-order valence-corrected chi connectivity index (χ0v) is 15.3. The number of amides is 2. The van der Waals surface area contributed by atoms with Crippen LogP contribution in [0.1, 0.15) is 24.5 Å². The first-order chi connectivity index (χ1) is 13.7. The molecule has 0 aliphatic carbocycles. The zero-order chi connectivity index (χ0) is 19.3. The van der Waals surface area contributed by atoms with Crippen molar-refractivity contribution in [3.05, 3.63) is 72.8 Å². The van der Waals surface area contributed by atoms with Gasteiger partial charge in [-0.1, -0.05) is 0 Å². The van der Waals surface area contributed by atoms with E-state index < -0.39 is 0 Å². The standard InChI is InChI=1S/C21H20FN5O/c22-17-1-3-18(4-2-17)26-21(28)27-11-7-16(8-12-27)20-19(13-24-14-25-20)15-5-9-23-10-6-15/h1-6,9-10,13-14,16H,7-8,11-12H2,(H,26,28). The molecule has 1 fully saturated rings. The quantitative estimate of drug-likeness (QED) is 0.746. The molecule has 0 bridgehead atoms. The van der Waals surface area contributed by atoms with Gasteiger partial charge < -0.3 is 10.2 Å². The Morgan fingerprint density at radius 1 is 1.04 bits per heavy atom. The smallest absolute Gasteiger partial charge is 0.321 e. The molecule has 6 nitrogen and oxygen atoms in total. The maximum absolute atomic E-state index is 13.0. The van der Waals surface area contributed by atoms with Gasteiger partial charge in [-0.05, 0) is 54.8 Å². The lowest BCUT2D eigenvalue weighted by molar-refractivity contribution is 0.194. The number of hydrogen-bond donors (Lipinski definition) is 1. The highest BCUT2D eigenvalue weighted by Gasteiger charge is 2.26. The van der Waals surface area contributed by atoms with Crippen molar-refractivity contribution >= 4 is 11.7 Å². The maximum atomic E-state index is 13.0. The molecule has 2 aromatic heterocycles. The predicted molar refractivity (Wildman–Crippen MR) is 104 cm³/mol. The van der Waals surface area contributed by atoms with E-state index in [0.29, 0.717) is 18.8 Å². The minimum atomic E-state index is -0.325. The van der Waals surface area contributed by atoms with Gasteiger partial charge in [-0.2, -0.15) is 0 Å². The second-order valence-electron chi connectivity index (χ2n) is 6.76. The lowest BCUT2D eigenvalue weighted by atomic mass is 9.89. The van der Waals surface area contributed by atoms with Gasteiger partial charge in [0.25, 0.3) is 0 Å². The van der Waals surface area contributed by atoms with E-state index in [1.54, 1.807) is 35.8 Å². The van der Waals surface area contributed by atoms with Crippen molar-refractivity contribution in [1.29, 1.82) is 0 Å². The number of nitrogens with zero attached hydrogens (tertiary/aromatic N) is 4. The Balaban J connectivity index is 1.42. The zero-order valence-electron chi connectivity index (χ0n) is 15.3. The Bertz CT molecular complexity index is 941. The van der Waals surface area contributed by atoms with Crippen molar-refractivity contribution in [2.24, 2.45) is 0 Å². The van der Waals surface area contributed by atoms with Crippen LogP contribution in [0.2, 0.25) is 0 Å². The number of piperidine rings is 1. The Morgan fingerprint density at radius 2 is 1.75 bits per heavy atom. The number of anilines is 1. The molecule has 1 aromatic carbocycles. The summed E-state index contributed by atoms with van der Waals surface area (Å²) >= 11 is 0. The largest absolute Gasteiger partial charge is 0.324 e. The normalized spacial score (nSPS) is 14.7. The lowest BCUT2D eigenvalue weighted by Gasteiger charge is -2.32. The summed E-state index contributed by atoms with van der Waals surface area (Å²) in [5, 5.41) is 2.82. The van der Waals surface area contributed by atoms with E-state index in [9.17, 15) is 9.18 Å². The van der Waals surface area contributed by atoms with Crippen molar-refractivity contribution in [3.8, 4) is 11.1 Å². The molecule has 1 aliphatic rings. The molecule has 1 saturated heterocycles. The van der Waals surface area contributed by atoms with E-state index in [0.717, 1.165) is 29.7 Å². The Kier molecular flexibility index (Phi) is 5.23. The van der Waals surface area contributed by atoms with Crippen molar-refractivity contribution in [2.75, 3.05) is 18.4 Å². The van der Waals surface area contributed by atoms with Gasteiger partial charge in [0.2, 0.25) is 0 Å². The summed E-state index contributed by atoms with van der Waals surface area (Å²) in [5.41, 5.74) is 3.66. The number of likely N-dealkylation sites (tertiary alicyclic amines) is 1. The molecule has 1 aliphatic heterocycles. The first-order valence-corrected chi connectivity index (χ1v) is 9.22. The van der Waals surface area contributed by atoms with Gasteiger partial charge in [0, 0.05) is 48.8 Å². The molecule has 142 valence electrons. The van der Waals surface area contributed by atoms with Crippen LogP contribution in [-0.4, -0.2) is 39.0 Å². The highest BCUT2D eigenvalue weighted by Crippen LogP contribution is 2.33. The van der Waals surface area contributed by atoms with Crippen molar-refractivity contribution in [2.45, 2.75) is 18.8 Å². The average molecular weight is 377 g/mol. The number of hydrogen-bond acceptors (Lipinski definition) is 4. The summed E-state index contributed by atoms with van der Waals surface area (Å²) in [4.78, 5) is 27.0. The van der Waals surface area contributed by atoms with E-state index in [1.165, 1.54) is 12.1 Å². The van der Waals surface area contributed by atoms with Crippen molar-refractivity contribution in [3.63, 3.8) is 0 Å².